The topological polar surface area (TPSA) is 130 Å². The summed E-state index contributed by atoms with van der Waals surface area (Å²) in [6.07, 6.45) is 6.10. The highest BCUT2D eigenvalue weighted by Gasteiger charge is 2.35. The molecule has 0 radical (unpaired) electrons. The van der Waals surface area contributed by atoms with Gasteiger partial charge < -0.3 is 20.3 Å². The van der Waals surface area contributed by atoms with E-state index in [9.17, 15) is 0 Å². The van der Waals surface area contributed by atoms with Gasteiger partial charge in [-0.2, -0.15) is 5.10 Å². The van der Waals surface area contributed by atoms with Gasteiger partial charge in [0.15, 0.2) is 0 Å². The van der Waals surface area contributed by atoms with E-state index in [4.69, 9.17) is 29.6 Å². The lowest BCUT2D eigenvalue weighted by atomic mass is 10.1. The van der Waals surface area contributed by atoms with Crippen molar-refractivity contribution in [1.82, 2.24) is 25.0 Å². The zero-order valence-corrected chi connectivity index (χ0v) is 19.9. The Kier molecular flexibility index (Phi) is 9.47. The van der Waals surface area contributed by atoms with Gasteiger partial charge in [0.25, 0.3) is 11.9 Å². The Labute approximate surface area is 204 Å². The lowest BCUT2D eigenvalue weighted by molar-refractivity contribution is -0.135. The fraction of sp³-hybridized carbons (Fsp3) is 0.360. The van der Waals surface area contributed by atoms with Gasteiger partial charge in [-0.3, -0.25) is 19.5 Å². The Balaban J connectivity index is 0.000000376. The van der Waals surface area contributed by atoms with Gasteiger partial charge in [-0.1, -0.05) is 18.2 Å². The van der Waals surface area contributed by atoms with Crippen LogP contribution in [0.1, 0.15) is 19.4 Å². The molecule has 0 aliphatic carbocycles. The summed E-state index contributed by atoms with van der Waals surface area (Å²) >= 11 is 0. The van der Waals surface area contributed by atoms with Crippen molar-refractivity contribution in [2.45, 2.75) is 32.5 Å². The minimum absolute atomic E-state index is 0.298. The molecule has 3 aromatic rings. The first-order valence-electron chi connectivity index (χ1n) is 11.3. The number of morpholine rings is 1. The van der Waals surface area contributed by atoms with Crippen LogP contribution < -0.4 is 5.32 Å². The number of carbonyl (C=O) groups is 2. The van der Waals surface area contributed by atoms with Crippen LogP contribution >= 0.6 is 0 Å². The number of nitrogens with one attached hydrogen (secondary N) is 1. The number of nitrogens with zero attached hydrogens (tertiary/aromatic N) is 4. The highest BCUT2D eigenvalue weighted by molar-refractivity contribution is 5.63. The van der Waals surface area contributed by atoms with Crippen molar-refractivity contribution in [3.8, 4) is 16.9 Å². The second kappa shape index (κ2) is 12.7. The fourth-order valence-corrected chi connectivity index (χ4v) is 4.03. The van der Waals surface area contributed by atoms with Gasteiger partial charge in [0.2, 0.25) is 0 Å². The Morgan fingerprint density at radius 2 is 1.71 bits per heavy atom. The molecule has 0 amide bonds. The molecule has 2 fully saturated rings. The zero-order chi connectivity index (χ0) is 25.2. The number of carboxylic acids is 2. The number of rotatable bonds is 4. The predicted octanol–water partition coefficient (Wildman–Crippen LogP) is 2.29. The zero-order valence-electron chi connectivity index (χ0n) is 19.9. The SMILES string of the molecule is CC(=O)O.CC(=O)O.c1ccc(-n2cc(CN3C[C@@H]4NCCO[C@H]4C3)c(-c3ccncc3)n2)cc1. The van der Waals surface area contributed by atoms with Crippen molar-refractivity contribution in [3.63, 3.8) is 0 Å². The maximum Gasteiger partial charge on any atom is 0.300 e. The van der Waals surface area contributed by atoms with E-state index in [0.717, 1.165) is 63.6 Å². The third-order valence-electron chi connectivity index (χ3n) is 5.34. The molecule has 2 aliphatic heterocycles. The lowest BCUT2D eigenvalue weighted by Crippen LogP contribution is -2.47. The van der Waals surface area contributed by atoms with Gasteiger partial charge >= 0.3 is 0 Å². The summed E-state index contributed by atoms with van der Waals surface area (Å²) in [5.74, 6) is -1.67. The smallest absolute Gasteiger partial charge is 0.300 e. The molecule has 0 saturated carbocycles. The van der Waals surface area contributed by atoms with Gasteiger partial charge in [-0.25, -0.2) is 4.68 Å². The third-order valence-corrected chi connectivity index (χ3v) is 5.34. The Morgan fingerprint density at radius 1 is 1.06 bits per heavy atom. The average molecular weight is 482 g/mol. The lowest BCUT2D eigenvalue weighted by Gasteiger charge is -2.25. The third kappa shape index (κ3) is 7.99. The second-order valence-corrected chi connectivity index (χ2v) is 8.22. The maximum atomic E-state index is 9.00. The van der Waals surface area contributed by atoms with E-state index in [2.05, 4.69) is 33.5 Å². The minimum Gasteiger partial charge on any atom is -0.481 e. The molecule has 0 unspecified atom stereocenters. The van der Waals surface area contributed by atoms with Crippen molar-refractivity contribution in [2.24, 2.45) is 0 Å². The molecular weight excluding hydrogens is 450 g/mol. The number of fused-ring (bicyclic) bond motifs is 1. The summed E-state index contributed by atoms with van der Waals surface area (Å²) < 4.78 is 7.90. The summed E-state index contributed by atoms with van der Waals surface area (Å²) in [7, 11) is 0. The molecule has 5 rings (SSSR count). The second-order valence-electron chi connectivity index (χ2n) is 8.22. The Morgan fingerprint density at radius 3 is 2.34 bits per heavy atom. The van der Waals surface area contributed by atoms with Crippen LogP contribution in [0.3, 0.4) is 0 Å². The number of likely N-dealkylation sites (tertiary alicyclic amines) is 1. The first-order chi connectivity index (χ1) is 16.8. The summed E-state index contributed by atoms with van der Waals surface area (Å²) in [5.41, 5.74) is 4.41. The number of hydrogen-bond donors (Lipinski definition) is 3. The highest BCUT2D eigenvalue weighted by Crippen LogP contribution is 2.26. The highest BCUT2D eigenvalue weighted by atomic mass is 16.5. The van der Waals surface area contributed by atoms with Crippen LogP contribution in [0.15, 0.2) is 61.1 Å². The predicted molar refractivity (Wildman–Crippen MR) is 130 cm³/mol. The number of hydrogen-bond acceptors (Lipinski definition) is 7. The van der Waals surface area contributed by atoms with Gasteiger partial charge in [0, 0.05) is 75.8 Å². The fourth-order valence-electron chi connectivity index (χ4n) is 4.03. The van der Waals surface area contributed by atoms with Crippen LogP contribution in [0.4, 0.5) is 0 Å². The number of carboxylic acid groups (broad SMARTS) is 2. The molecule has 3 N–H and O–H groups in total. The quantitative estimate of drug-likeness (QED) is 0.514. The molecule has 2 atom stereocenters. The maximum absolute atomic E-state index is 9.00. The normalized spacial score (nSPS) is 18.9. The van der Waals surface area contributed by atoms with E-state index in [-0.39, 0.29) is 0 Å². The van der Waals surface area contributed by atoms with Gasteiger partial charge in [-0.05, 0) is 24.3 Å². The molecule has 0 spiro atoms. The number of para-hydroxylation sites is 1. The van der Waals surface area contributed by atoms with Crippen LogP contribution in [0.2, 0.25) is 0 Å². The molecular formula is C25H31N5O5. The van der Waals surface area contributed by atoms with Crippen molar-refractivity contribution in [2.75, 3.05) is 26.2 Å². The number of aromatic nitrogens is 3. The molecule has 10 heteroatoms. The van der Waals surface area contributed by atoms with Crippen molar-refractivity contribution in [1.29, 1.82) is 0 Å². The van der Waals surface area contributed by atoms with Crippen molar-refractivity contribution < 1.29 is 24.5 Å². The summed E-state index contributed by atoms with van der Waals surface area (Å²) in [6, 6.07) is 14.7. The van der Waals surface area contributed by atoms with Crippen LogP contribution in [-0.2, 0) is 20.9 Å². The van der Waals surface area contributed by atoms with E-state index < -0.39 is 11.9 Å². The number of benzene rings is 1. The molecule has 10 nitrogen and oxygen atoms in total. The van der Waals surface area contributed by atoms with Crippen LogP contribution in [0.25, 0.3) is 16.9 Å². The molecule has 186 valence electrons. The summed E-state index contributed by atoms with van der Waals surface area (Å²) in [5, 5.41) is 23.3. The average Bonchev–Trinajstić information content (AvgIpc) is 3.43. The molecule has 35 heavy (non-hydrogen) atoms. The molecule has 4 heterocycles. The van der Waals surface area contributed by atoms with Gasteiger partial charge in [0.1, 0.15) is 0 Å². The van der Waals surface area contributed by atoms with Gasteiger partial charge in [-0.15, -0.1) is 0 Å². The molecule has 0 bridgehead atoms. The Hall–Kier alpha value is -3.60. The van der Waals surface area contributed by atoms with Crippen molar-refractivity contribution >= 4 is 11.9 Å². The monoisotopic (exact) mass is 481 g/mol. The van der Waals surface area contributed by atoms with Crippen molar-refractivity contribution in [3.05, 3.63) is 66.6 Å². The van der Waals surface area contributed by atoms with E-state index >= 15 is 0 Å². The summed E-state index contributed by atoms with van der Waals surface area (Å²) in [4.78, 5) is 24.6. The molecule has 2 aromatic heterocycles. The Bertz CT molecular complexity index is 1060. The molecule has 2 saturated heterocycles. The minimum atomic E-state index is -0.833. The largest absolute Gasteiger partial charge is 0.481 e. The van der Waals surface area contributed by atoms with E-state index in [1.165, 1.54) is 5.56 Å². The first kappa shape index (κ1) is 26.0. The summed E-state index contributed by atoms with van der Waals surface area (Å²) in [6.45, 7) is 6.76. The number of ether oxygens (including phenoxy) is 1. The number of aliphatic carboxylic acids is 2. The number of pyridine rings is 1. The molecule has 1 aromatic carbocycles. The van der Waals surface area contributed by atoms with Crippen LogP contribution in [0, 0.1) is 0 Å². The van der Waals surface area contributed by atoms with Crippen LogP contribution in [-0.4, -0.2) is 80.2 Å². The van der Waals surface area contributed by atoms with E-state index in [1.54, 1.807) is 0 Å². The van der Waals surface area contributed by atoms with Gasteiger partial charge in [0.05, 0.1) is 24.1 Å². The van der Waals surface area contributed by atoms with Crippen LogP contribution in [0.5, 0.6) is 0 Å². The van der Waals surface area contributed by atoms with E-state index in [1.807, 2.05) is 47.4 Å². The van der Waals surface area contributed by atoms with E-state index in [0.29, 0.717) is 12.1 Å². The standard InChI is InChI=1S/C21H23N5O.2C2H4O2/c1-2-4-18(5-3-1)26-13-17(21(24-26)16-6-8-22-9-7-16)12-25-14-19-20(15-25)27-11-10-23-19;2*1-2(3)4/h1-9,13,19-20,23H,10-12,14-15H2;2*1H3,(H,3,4)/t19-,20-;;/m0../s1. The molecule has 2 aliphatic rings. The first-order valence-corrected chi connectivity index (χ1v) is 11.3.